The maximum atomic E-state index is 12.7. The van der Waals surface area contributed by atoms with Gasteiger partial charge in [-0.15, -0.1) is 0 Å². The van der Waals surface area contributed by atoms with Crippen molar-refractivity contribution in [1.29, 1.82) is 0 Å². The molecule has 0 atom stereocenters. The molecule has 3 aromatic rings. The van der Waals surface area contributed by atoms with Crippen molar-refractivity contribution < 1.29 is 23.8 Å². The fraction of sp³-hybridized carbons (Fsp3) is 0.296. The van der Waals surface area contributed by atoms with Gasteiger partial charge in [-0.25, -0.2) is 9.78 Å². The molecular formula is C27H30N4O5. The molecular weight excluding hydrogens is 460 g/mol. The van der Waals surface area contributed by atoms with E-state index in [4.69, 9.17) is 14.2 Å². The van der Waals surface area contributed by atoms with E-state index in [2.05, 4.69) is 20.5 Å². The Hall–Kier alpha value is -3.95. The lowest BCUT2D eigenvalue weighted by atomic mass is 10.2. The third-order valence-corrected chi connectivity index (χ3v) is 5.54. The number of carbonyl (C=O) groups excluding carboxylic acids is 2. The van der Waals surface area contributed by atoms with E-state index in [9.17, 15) is 9.59 Å². The van der Waals surface area contributed by atoms with Gasteiger partial charge in [-0.2, -0.15) is 0 Å². The van der Waals surface area contributed by atoms with Gasteiger partial charge in [-0.1, -0.05) is 12.1 Å². The molecule has 36 heavy (non-hydrogen) atoms. The molecule has 1 amide bonds. The second-order valence-corrected chi connectivity index (χ2v) is 8.19. The van der Waals surface area contributed by atoms with Crippen LogP contribution >= 0.6 is 0 Å². The van der Waals surface area contributed by atoms with Gasteiger partial charge in [0.25, 0.3) is 5.91 Å². The van der Waals surface area contributed by atoms with E-state index < -0.39 is 18.5 Å². The molecule has 1 fully saturated rings. The minimum absolute atomic E-state index is 0.228. The molecule has 1 saturated heterocycles. The van der Waals surface area contributed by atoms with Crippen molar-refractivity contribution in [2.75, 3.05) is 50.2 Å². The van der Waals surface area contributed by atoms with Crippen LogP contribution in [0.2, 0.25) is 0 Å². The topological polar surface area (TPSA) is 102 Å². The average Bonchev–Trinajstić information content (AvgIpc) is 2.91. The molecule has 4 rings (SSSR count). The van der Waals surface area contributed by atoms with E-state index in [1.54, 1.807) is 18.3 Å². The number of rotatable bonds is 10. The monoisotopic (exact) mass is 490 g/mol. The van der Waals surface area contributed by atoms with Crippen LogP contribution in [0.5, 0.6) is 5.75 Å². The smallest absolute Gasteiger partial charge is 0.342 e. The molecule has 0 aliphatic carbocycles. The molecule has 0 saturated carbocycles. The van der Waals surface area contributed by atoms with E-state index in [0.717, 1.165) is 49.8 Å². The summed E-state index contributed by atoms with van der Waals surface area (Å²) in [7, 11) is 0. The number of aromatic nitrogens is 1. The number of amides is 1. The van der Waals surface area contributed by atoms with Gasteiger partial charge < -0.3 is 24.8 Å². The van der Waals surface area contributed by atoms with Crippen LogP contribution in [0.4, 0.5) is 17.2 Å². The first-order chi connectivity index (χ1) is 17.6. The minimum atomic E-state index is -0.646. The SMILES string of the molecule is CCOc1ccc(Nc2ncccc2C(=O)OCC(=O)Nc2ccc(CN3CCOCC3)cc2)cc1. The van der Waals surface area contributed by atoms with Crippen molar-refractivity contribution in [3.63, 3.8) is 0 Å². The molecule has 0 bridgehead atoms. The first-order valence-electron chi connectivity index (χ1n) is 11.9. The Labute approximate surface area is 210 Å². The van der Waals surface area contributed by atoms with Gasteiger partial charge in [0.15, 0.2) is 6.61 Å². The fourth-order valence-corrected chi connectivity index (χ4v) is 3.72. The zero-order valence-corrected chi connectivity index (χ0v) is 20.2. The zero-order valence-electron chi connectivity index (χ0n) is 20.2. The van der Waals surface area contributed by atoms with Gasteiger partial charge >= 0.3 is 5.97 Å². The largest absolute Gasteiger partial charge is 0.494 e. The molecule has 188 valence electrons. The third-order valence-electron chi connectivity index (χ3n) is 5.54. The highest BCUT2D eigenvalue weighted by Crippen LogP contribution is 2.22. The first-order valence-corrected chi connectivity index (χ1v) is 11.9. The molecule has 1 aliphatic rings. The second-order valence-electron chi connectivity index (χ2n) is 8.19. The third kappa shape index (κ3) is 7.27. The number of hydrogen-bond donors (Lipinski definition) is 2. The van der Waals surface area contributed by atoms with Crippen LogP contribution in [-0.4, -0.2) is 61.3 Å². The van der Waals surface area contributed by atoms with Crippen LogP contribution in [0.15, 0.2) is 66.9 Å². The number of nitrogens with one attached hydrogen (secondary N) is 2. The summed E-state index contributed by atoms with van der Waals surface area (Å²) in [4.78, 5) is 31.6. The Kier molecular flexibility index (Phi) is 8.85. The highest BCUT2D eigenvalue weighted by Gasteiger charge is 2.16. The van der Waals surface area contributed by atoms with E-state index in [0.29, 0.717) is 18.1 Å². The summed E-state index contributed by atoms with van der Waals surface area (Å²) in [5.41, 5.74) is 2.76. The summed E-state index contributed by atoms with van der Waals surface area (Å²) in [6.07, 6.45) is 1.57. The van der Waals surface area contributed by atoms with Crippen molar-refractivity contribution in [2.24, 2.45) is 0 Å². The molecule has 0 unspecified atom stereocenters. The van der Waals surface area contributed by atoms with Gasteiger partial charge in [0.05, 0.1) is 19.8 Å². The quantitative estimate of drug-likeness (QED) is 0.413. The van der Waals surface area contributed by atoms with Gasteiger partial charge in [0, 0.05) is 37.2 Å². The second kappa shape index (κ2) is 12.7. The van der Waals surface area contributed by atoms with Crippen LogP contribution in [0.1, 0.15) is 22.8 Å². The summed E-state index contributed by atoms with van der Waals surface area (Å²) in [5.74, 6) is 0.0196. The number of pyridine rings is 1. The number of hydrogen-bond acceptors (Lipinski definition) is 8. The van der Waals surface area contributed by atoms with Crippen LogP contribution in [0.3, 0.4) is 0 Å². The molecule has 2 heterocycles. The maximum Gasteiger partial charge on any atom is 0.342 e. The molecule has 2 N–H and O–H groups in total. The van der Waals surface area contributed by atoms with Crippen molar-refractivity contribution >= 4 is 29.1 Å². The number of nitrogens with zero attached hydrogens (tertiary/aromatic N) is 2. The van der Waals surface area contributed by atoms with Gasteiger partial charge in [0.1, 0.15) is 17.1 Å². The summed E-state index contributed by atoms with van der Waals surface area (Å²) in [5, 5.41) is 5.86. The summed E-state index contributed by atoms with van der Waals surface area (Å²) >= 11 is 0. The van der Waals surface area contributed by atoms with Crippen molar-refractivity contribution in [3.8, 4) is 5.75 Å². The average molecular weight is 491 g/mol. The summed E-state index contributed by atoms with van der Waals surface area (Å²) in [6, 6.07) is 18.2. The Balaban J connectivity index is 1.28. The predicted molar refractivity (Wildman–Crippen MR) is 137 cm³/mol. The number of ether oxygens (including phenoxy) is 3. The minimum Gasteiger partial charge on any atom is -0.494 e. The Morgan fingerprint density at radius 2 is 1.72 bits per heavy atom. The normalized spacial score (nSPS) is 13.6. The van der Waals surface area contributed by atoms with E-state index in [1.807, 2.05) is 55.5 Å². The van der Waals surface area contributed by atoms with E-state index in [1.165, 1.54) is 0 Å². The van der Waals surface area contributed by atoms with Crippen LogP contribution in [0, 0.1) is 0 Å². The van der Waals surface area contributed by atoms with Crippen molar-refractivity contribution in [1.82, 2.24) is 9.88 Å². The Morgan fingerprint density at radius 3 is 2.44 bits per heavy atom. The van der Waals surface area contributed by atoms with Crippen molar-refractivity contribution in [3.05, 3.63) is 78.0 Å². The van der Waals surface area contributed by atoms with Crippen LogP contribution < -0.4 is 15.4 Å². The first kappa shape index (κ1) is 25.2. The standard InChI is InChI=1S/C27H30N4O5/c1-2-35-23-11-9-22(10-12-23)30-26-24(4-3-13-28-26)27(33)36-19-25(32)29-21-7-5-20(6-8-21)18-31-14-16-34-17-15-31/h3-13H,2,14-19H2,1H3,(H,28,30)(H,29,32). The van der Waals surface area contributed by atoms with Crippen LogP contribution in [-0.2, 0) is 20.8 Å². The fourth-order valence-electron chi connectivity index (χ4n) is 3.72. The lowest BCUT2D eigenvalue weighted by Crippen LogP contribution is -2.35. The maximum absolute atomic E-state index is 12.7. The van der Waals surface area contributed by atoms with Gasteiger partial charge in [-0.3, -0.25) is 9.69 Å². The molecule has 0 radical (unpaired) electrons. The summed E-state index contributed by atoms with van der Waals surface area (Å²) < 4.78 is 16.1. The van der Waals surface area contributed by atoms with E-state index in [-0.39, 0.29) is 5.56 Å². The molecule has 2 aromatic carbocycles. The van der Waals surface area contributed by atoms with E-state index >= 15 is 0 Å². The number of anilines is 3. The molecule has 1 aliphatic heterocycles. The van der Waals surface area contributed by atoms with Gasteiger partial charge in [0.2, 0.25) is 0 Å². The molecule has 9 nitrogen and oxygen atoms in total. The predicted octanol–water partition coefficient (Wildman–Crippen LogP) is 3.85. The number of benzene rings is 2. The molecule has 1 aromatic heterocycles. The lowest BCUT2D eigenvalue weighted by Gasteiger charge is -2.26. The number of morpholine rings is 1. The zero-order chi connectivity index (χ0) is 25.2. The Bertz CT molecular complexity index is 1150. The Morgan fingerprint density at radius 1 is 1.00 bits per heavy atom. The van der Waals surface area contributed by atoms with Gasteiger partial charge in [-0.05, 0) is 61.0 Å². The number of carbonyl (C=O) groups is 2. The lowest BCUT2D eigenvalue weighted by molar-refractivity contribution is -0.119. The highest BCUT2D eigenvalue weighted by molar-refractivity contribution is 5.98. The summed E-state index contributed by atoms with van der Waals surface area (Å²) in [6.45, 7) is 6.27. The highest BCUT2D eigenvalue weighted by atomic mass is 16.5. The molecule has 0 spiro atoms. The number of esters is 1. The van der Waals surface area contributed by atoms with Crippen LogP contribution in [0.25, 0.3) is 0 Å². The molecule has 9 heteroatoms. The van der Waals surface area contributed by atoms with Crippen molar-refractivity contribution in [2.45, 2.75) is 13.5 Å².